The second-order valence-electron chi connectivity index (χ2n) is 6.75. The van der Waals surface area contributed by atoms with Crippen LogP contribution in [0.3, 0.4) is 0 Å². The topological polar surface area (TPSA) is 61.4 Å². The lowest BCUT2D eigenvalue weighted by molar-refractivity contribution is 0.220. The number of carbonyl (C=O) groups is 1. The smallest absolute Gasteiger partial charge is 0.315 e. The Morgan fingerprint density at radius 1 is 1.18 bits per heavy atom. The van der Waals surface area contributed by atoms with Gasteiger partial charge in [-0.25, -0.2) is 4.79 Å². The molecular formula is C18H26N2O2. The Morgan fingerprint density at radius 2 is 1.86 bits per heavy atom. The van der Waals surface area contributed by atoms with Crippen LogP contribution < -0.4 is 10.6 Å². The van der Waals surface area contributed by atoms with Crippen molar-refractivity contribution in [1.82, 2.24) is 10.6 Å². The maximum absolute atomic E-state index is 12.4. The molecule has 0 aromatic heterocycles. The first-order valence-electron chi connectivity index (χ1n) is 8.42. The largest absolute Gasteiger partial charge is 0.396 e. The molecule has 4 heteroatoms. The second-order valence-corrected chi connectivity index (χ2v) is 6.75. The number of aryl methyl sites for hydroxylation is 1. The maximum atomic E-state index is 12.4. The zero-order valence-corrected chi connectivity index (χ0v) is 13.2. The summed E-state index contributed by atoms with van der Waals surface area (Å²) >= 11 is 0. The molecule has 0 saturated heterocycles. The summed E-state index contributed by atoms with van der Waals surface area (Å²) in [5.74, 6) is 1.11. The number of benzene rings is 1. The van der Waals surface area contributed by atoms with Gasteiger partial charge in [0.2, 0.25) is 0 Å². The van der Waals surface area contributed by atoms with Gasteiger partial charge in [0, 0.05) is 12.6 Å². The number of amides is 2. The fourth-order valence-corrected chi connectivity index (χ4v) is 3.23. The van der Waals surface area contributed by atoms with E-state index in [0.717, 1.165) is 12.8 Å². The summed E-state index contributed by atoms with van der Waals surface area (Å²) in [7, 11) is 0. The van der Waals surface area contributed by atoms with E-state index in [4.69, 9.17) is 5.11 Å². The predicted molar refractivity (Wildman–Crippen MR) is 86.5 cm³/mol. The number of nitrogens with one attached hydrogen (secondary N) is 2. The molecule has 0 aliphatic heterocycles. The van der Waals surface area contributed by atoms with E-state index in [1.54, 1.807) is 0 Å². The van der Waals surface area contributed by atoms with Gasteiger partial charge in [0.15, 0.2) is 0 Å². The Labute approximate surface area is 132 Å². The molecule has 22 heavy (non-hydrogen) atoms. The number of aliphatic hydroxyl groups is 1. The van der Waals surface area contributed by atoms with Gasteiger partial charge in [-0.1, -0.05) is 24.3 Å². The lowest BCUT2D eigenvalue weighted by Crippen LogP contribution is -2.45. The quantitative estimate of drug-likeness (QED) is 0.725. The molecule has 1 aromatic rings. The zero-order chi connectivity index (χ0) is 15.5. The van der Waals surface area contributed by atoms with E-state index in [1.165, 1.54) is 24.0 Å². The molecule has 0 spiro atoms. The van der Waals surface area contributed by atoms with Gasteiger partial charge in [-0.15, -0.1) is 0 Å². The Kier molecular flexibility index (Phi) is 4.67. The van der Waals surface area contributed by atoms with Crippen molar-refractivity contribution in [3.05, 3.63) is 35.4 Å². The van der Waals surface area contributed by atoms with Crippen molar-refractivity contribution < 1.29 is 9.90 Å². The number of hydrogen-bond donors (Lipinski definition) is 3. The minimum Gasteiger partial charge on any atom is -0.396 e. The number of hydrogen-bond acceptors (Lipinski definition) is 2. The molecule has 1 aromatic carbocycles. The molecule has 4 nitrogen and oxygen atoms in total. The second kappa shape index (κ2) is 6.69. The molecule has 0 bridgehead atoms. The molecule has 2 fully saturated rings. The molecule has 2 atom stereocenters. The first-order chi connectivity index (χ1) is 10.7. The SMILES string of the molecule is Cc1ccccc1C(NC(=O)NC(CCO)C1CC1)C1CC1. The predicted octanol–water partition coefficient (Wildman–Crippen LogP) is 2.91. The van der Waals surface area contributed by atoms with E-state index in [1.807, 2.05) is 12.1 Å². The Bertz CT molecular complexity index is 524. The highest BCUT2D eigenvalue weighted by Crippen LogP contribution is 2.42. The van der Waals surface area contributed by atoms with Crippen LogP contribution in [0.15, 0.2) is 24.3 Å². The van der Waals surface area contributed by atoms with E-state index >= 15 is 0 Å². The van der Waals surface area contributed by atoms with E-state index in [9.17, 15) is 4.79 Å². The fourth-order valence-electron chi connectivity index (χ4n) is 3.23. The van der Waals surface area contributed by atoms with Gasteiger partial charge in [-0.3, -0.25) is 0 Å². The van der Waals surface area contributed by atoms with Crippen LogP contribution in [0, 0.1) is 18.8 Å². The van der Waals surface area contributed by atoms with Crippen LogP contribution in [0.1, 0.15) is 49.3 Å². The van der Waals surface area contributed by atoms with E-state index < -0.39 is 0 Å². The van der Waals surface area contributed by atoms with Gasteiger partial charge in [0.25, 0.3) is 0 Å². The van der Waals surface area contributed by atoms with Gasteiger partial charge in [-0.2, -0.15) is 0 Å². The average Bonchev–Trinajstić information content (AvgIpc) is 3.39. The van der Waals surface area contributed by atoms with Crippen molar-refractivity contribution in [3.8, 4) is 0 Å². The van der Waals surface area contributed by atoms with Gasteiger partial charge < -0.3 is 15.7 Å². The van der Waals surface area contributed by atoms with Gasteiger partial charge in [0.05, 0.1) is 6.04 Å². The zero-order valence-electron chi connectivity index (χ0n) is 13.2. The Morgan fingerprint density at radius 3 is 2.45 bits per heavy atom. The highest BCUT2D eigenvalue weighted by Gasteiger charge is 2.36. The van der Waals surface area contributed by atoms with Crippen LogP contribution in [-0.2, 0) is 0 Å². The molecule has 120 valence electrons. The van der Waals surface area contributed by atoms with Crippen molar-refractivity contribution in [1.29, 1.82) is 0 Å². The van der Waals surface area contributed by atoms with Crippen LogP contribution in [-0.4, -0.2) is 23.8 Å². The number of aliphatic hydroxyl groups excluding tert-OH is 1. The summed E-state index contributed by atoms with van der Waals surface area (Å²) in [4.78, 5) is 12.4. The lowest BCUT2D eigenvalue weighted by Gasteiger charge is -2.24. The highest BCUT2D eigenvalue weighted by molar-refractivity contribution is 5.75. The van der Waals surface area contributed by atoms with Crippen molar-refractivity contribution in [3.63, 3.8) is 0 Å². The summed E-state index contributed by atoms with van der Waals surface area (Å²) < 4.78 is 0. The molecule has 0 heterocycles. The van der Waals surface area contributed by atoms with E-state index in [2.05, 4.69) is 29.7 Å². The summed E-state index contributed by atoms with van der Waals surface area (Å²) in [6, 6.07) is 8.42. The Balaban J connectivity index is 1.63. The third-order valence-electron chi connectivity index (χ3n) is 4.85. The van der Waals surface area contributed by atoms with Gasteiger partial charge in [-0.05, 0) is 62.0 Å². The van der Waals surface area contributed by atoms with Crippen LogP contribution in [0.25, 0.3) is 0 Å². The summed E-state index contributed by atoms with van der Waals surface area (Å²) in [6.07, 6.45) is 5.34. The fraction of sp³-hybridized carbons (Fsp3) is 0.611. The Hall–Kier alpha value is -1.55. The average molecular weight is 302 g/mol. The first-order valence-corrected chi connectivity index (χ1v) is 8.42. The minimum absolute atomic E-state index is 0.0921. The minimum atomic E-state index is -0.0921. The number of urea groups is 1. The van der Waals surface area contributed by atoms with E-state index in [0.29, 0.717) is 18.3 Å². The monoisotopic (exact) mass is 302 g/mol. The highest BCUT2D eigenvalue weighted by atomic mass is 16.3. The molecule has 0 radical (unpaired) electrons. The first kappa shape index (κ1) is 15.3. The van der Waals surface area contributed by atoms with Crippen molar-refractivity contribution in [2.75, 3.05) is 6.61 Å². The van der Waals surface area contributed by atoms with E-state index in [-0.39, 0.29) is 24.7 Å². The number of carbonyl (C=O) groups excluding carboxylic acids is 1. The summed E-state index contributed by atoms with van der Waals surface area (Å²) in [6.45, 7) is 2.23. The summed E-state index contributed by atoms with van der Waals surface area (Å²) in [5, 5.41) is 15.4. The molecule has 3 rings (SSSR count). The molecule has 3 N–H and O–H groups in total. The van der Waals surface area contributed by atoms with Crippen LogP contribution >= 0.6 is 0 Å². The van der Waals surface area contributed by atoms with Crippen LogP contribution in [0.4, 0.5) is 4.79 Å². The third-order valence-corrected chi connectivity index (χ3v) is 4.85. The maximum Gasteiger partial charge on any atom is 0.315 e. The summed E-state index contributed by atoms with van der Waals surface area (Å²) in [5.41, 5.74) is 2.46. The molecule has 2 amide bonds. The third kappa shape index (κ3) is 3.80. The molecule has 2 unspecified atom stereocenters. The van der Waals surface area contributed by atoms with Crippen LogP contribution in [0.2, 0.25) is 0 Å². The molecule has 2 saturated carbocycles. The van der Waals surface area contributed by atoms with Crippen molar-refractivity contribution >= 4 is 6.03 Å². The van der Waals surface area contributed by atoms with Crippen molar-refractivity contribution in [2.24, 2.45) is 11.8 Å². The lowest BCUT2D eigenvalue weighted by atomic mass is 9.98. The van der Waals surface area contributed by atoms with Crippen LogP contribution in [0.5, 0.6) is 0 Å². The molecule has 2 aliphatic rings. The standard InChI is InChI=1S/C18H26N2O2/c1-12-4-2-3-5-15(12)17(14-8-9-14)20-18(22)19-16(10-11-21)13-6-7-13/h2-5,13-14,16-17,21H,6-11H2,1H3,(H2,19,20,22). The van der Waals surface area contributed by atoms with Gasteiger partial charge in [0.1, 0.15) is 0 Å². The van der Waals surface area contributed by atoms with Gasteiger partial charge >= 0.3 is 6.03 Å². The normalized spacial score (nSPS) is 20.3. The molecule has 2 aliphatic carbocycles. The number of rotatable bonds is 7. The van der Waals surface area contributed by atoms with Crippen molar-refractivity contribution in [2.45, 2.75) is 51.1 Å². The molecular weight excluding hydrogens is 276 g/mol.